The van der Waals surface area contributed by atoms with Gasteiger partial charge < -0.3 is 19.7 Å². The Morgan fingerprint density at radius 1 is 1.04 bits per heavy atom. The van der Waals surface area contributed by atoms with E-state index in [1.807, 2.05) is 0 Å². The van der Waals surface area contributed by atoms with Crippen LogP contribution in [-0.4, -0.2) is 30.2 Å². The summed E-state index contributed by atoms with van der Waals surface area (Å²) >= 11 is 0. The Labute approximate surface area is 134 Å². The molecular weight excluding hydrogens is 296 g/mol. The summed E-state index contributed by atoms with van der Waals surface area (Å²) in [6, 6.07) is 7.97. The molecule has 120 valence electrons. The molecule has 0 saturated heterocycles. The van der Waals surface area contributed by atoms with E-state index >= 15 is 0 Å². The van der Waals surface area contributed by atoms with Gasteiger partial charge in [0.15, 0.2) is 5.78 Å². The van der Waals surface area contributed by atoms with Crippen LogP contribution in [-0.2, 0) is 0 Å². The standard InChI is InChI=1S/C18H18O5/c1-11-15(22-2)10-16(23-3)17(18(11)21)14(20)9-6-12-4-7-13(19)8-5-12/h4-10,19,21H,1-3H3/b9-6+. The molecule has 0 atom stereocenters. The SMILES string of the molecule is COc1cc(OC)c(C(=O)/C=C/c2ccc(O)cc2)c(O)c1C. The van der Waals surface area contributed by atoms with Crippen LogP contribution >= 0.6 is 0 Å². The zero-order chi connectivity index (χ0) is 17.0. The number of hydrogen-bond donors (Lipinski definition) is 2. The Morgan fingerprint density at radius 3 is 2.22 bits per heavy atom. The summed E-state index contributed by atoms with van der Waals surface area (Å²) in [7, 11) is 2.90. The van der Waals surface area contributed by atoms with Gasteiger partial charge in [0, 0.05) is 11.6 Å². The second kappa shape index (κ2) is 6.87. The molecule has 0 unspecified atom stereocenters. The van der Waals surface area contributed by atoms with E-state index in [4.69, 9.17) is 9.47 Å². The zero-order valence-corrected chi connectivity index (χ0v) is 13.2. The normalized spacial score (nSPS) is 10.7. The first kappa shape index (κ1) is 16.4. The third-order valence-electron chi connectivity index (χ3n) is 3.48. The van der Waals surface area contributed by atoms with Crippen LogP contribution in [0.5, 0.6) is 23.0 Å². The second-order valence-corrected chi connectivity index (χ2v) is 4.92. The topological polar surface area (TPSA) is 76.0 Å². The van der Waals surface area contributed by atoms with Gasteiger partial charge in [-0.2, -0.15) is 0 Å². The first-order valence-corrected chi connectivity index (χ1v) is 6.94. The Bertz CT molecular complexity index is 745. The number of phenols is 2. The van der Waals surface area contributed by atoms with E-state index in [0.29, 0.717) is 11.3 Å². The highest BCUT2D eigenvalue weighted by Crippen LogP contribution is 2.38. The molecule has 2 aromatic carbocycles. The van der Waals surface area contributed by atoms with E-state index in [9.17, 15) is 15.0 Å². The highest BCUT2D eigenvalue weighted by atomic mass is 16.5. The maximum Gasteiger partial charge on any atom is 0.193 e. The molecule has 0 saturated carbocycles. The summed E-state index contributed by atoms with van der Waals surface area (Å²) in [5.41, 5.74) is 1.30. The van der Waals surface area contributed by atoms with Crippen molar-refractivity contribution in [1.29, 1.82) is 0 Å². The van der Waals surface area contributed by atoms with Crippen LogP contribution in [0.2, 0.25) is 0 Å². The van der Waals surface area contributed by atoms with Crippen LogP contribution in [0.3, 0.4) is 0 Å². The fourth-order valence-electron chi connectivity index (χ4n) is 2.17. The average molecular weight is 314 g/mol. The van der Waals surface area contributed by atoms with Crippen LogP contribution < -0.4 is 9.47 Å². The van der Waals surface area contributed by atoms with Gasteiger partial charge in [0.05, 0.1) is 14.2 Å². The van der Waals surface area contributed by atoms with Crippen LogP contribution in [0.25, 0.3) is 6.08 Å². The molecule has 5 nitrogen and oxygen atoms in total. The molecule has 2 rings (SSSR count). The molecule has 0 aromatic heterocycles. The van der Waals surface area contributed by atoms with E-state index in [0.717, 1.165) is 5.56 Å². The monoisotopic (exact) mass is 314 g/mol. The van der Waals surface area contributed by atoms with Crippen molar-refractivity contribution in [2.24, 2.45) is 0 Å². The van der Waals surface area contributed by atoms with Crippen molar-refractivity contribution in [2.45, 2.75) is 6.92 Å². The lowest BCUT2D eigenvalue weighted by atomic mass is 10.0. The van der Waals surface area contributed by atoms with Crippen molar-refractivity contribution < 1.29 is 24.5 Å². The number of aromatic hydroxyl groups is 2. The van der Waals surface area contributed by atoms with Crippen LogP contribution in [0.15, 0.2) is 36.4 Å². The summed E-state index contributed by atoms with van der Waals surface area (Å²) < 4.78 is 10.3. The molecule has 0 amide bonds. The molecule has 0 radical (unpaired) electrons. The molecule has 0 aliphatic rings. The Hall–Kier alpha value is -2.95. The van der Waals surface area contributed by atoms with E-state index in [2.05, 4.69) is 0 Å². The molecule has 0 bridgehead atoms. The van der Waals surface area contributed by atoms with Gasteiger partial charge in [-0.15, -0.1) is 0 Å². The minimum Gasteiger partial charge on any atom is -0.508 e. The van der Waals surface area contributed by atoms with Crippen molar-refractivity contribution >= 4 is 11.9 Å². The molecule has 0 heterocycles. The third kappa shape index (κ3) is 3.45. The first-order chi connectivity index (χ1) is 11.0. The Morgan fingerprint density at radius 2 is 1.65 bits per heavy atom. The first-order valence-electron chi connectivity index (χ1n) is 6.94. The maximum absolute atomic E-state index is 12.4. The van der Waals surface area contributed by atoms with E-state index in [1.165, 1.54) is 32.4 Å². The van der Waals surface area contributed by atoms with E-state index in [-0.39, 0.29) is 22.8 Å². The van der Waals surface area contributed by atoms with Crippen molar-refractivity contribution in [3.05, 3.63) is 53.1 Å². The van der Waals surface area contributed by atoms with E-state index in [1.54, 1.807) is 31.2 Å². The van der Waals surface area contributed by atoms with Crippen LogP contribution in [0.1, 0.15) is 21.5 Å². The van der Waals surface area contributed by atoms with E-state index < -0.39 is 5.78 Å². The molecule has 2 N–H and O–H groups in total. The number of allylic oxidation sites excluding steroid dienone is 1. The second-order valence-electron chi connectivity index (χ2n) is 4.92. The van der Waals surface area contributed by atoms with Crippen molar-refractivity contribution in [3.8, 4) is 23.0 Å². The van der Waals surface area contributed by atoms with Gasteiger partial charge in [0.25, 0.3) is 0 Å². The smallest absolute Gasteiger partial charge is 0.193 e. The van der Waals surface area contributed by atoms with Crippen molar-refractivity contribution in [1.82, 2.24) is 0 Å². The molecular formula is C18H18O5. The van der Waals surface area contributed by atoms with Gasteiger partial charge in [-0.1, -0.05) is 18.2 Å². The van der Waals surface area contributed by atoms with Gasteiger partial charge in [-0.05, 0) is 30.7 Å². The number of hydrogen-bond acceptors (Lipinski definition) is 5. The molecule has 2 aromatic rings. The van der Waals surface area contributed by atoms with Gasteiger partial charge >= 0.3 is 0 Å². The number of ether oxygens (including phenoxy) is 2. The summed E-state index contributed by atoms with van der Waals surface area (Å²) in [5, 5.41) is 19.5. The van der Waals surface area contributed by atoms with Gasteiger partial charge in [0.2, 0.25) is 0 Å². The summed E-state index contributed by atoms with van der Waals surface area (Å²) in [6.07, 6.45) is 2.94. The Kier molecular flexibility index (Phi) is 4.91. The van der Waals surface area contributed by atoms with Crippen LogP contribution in [0, 0.1) is 6.92 Å². The lowest BCUT2D eigenvalue weighted by Gasteiger charge is -2.13. The maximum atomic E-state index is 12.4. The Balaban J connectivity index is 2.39. The molecule has 5 heteroatoms. The largest absolute Gasteiger partial charge is 0.508 e. The number of ketones is 1. The number of benzene rings is 2. The van der Waals surface area contributed by atoms with Gasteiger partial charge in [0.1, 0.15) is 28.6 Å². The third-order valence-corrected chi connectivity index (χ3v) is 3.48. The number of rotatable bonds is 5. The predicted octanol–water partition coefficient (Wildman–Crippen LogP) is 3.32. The predicted molar refractivity (Wildman–Crippen MR) is 87.4 cm³/mol. The molecule has 0 fully saturated rings. The fourth-order valence-corrected chi connectivity index (χ4v) is 2.17. The minimum atomic E-state index is -0.391. The highest BCUT2D eigenvalue weighted by Gasteiger charge is 2.20. The van der Waals surface area contributed by atoms with Crippen LogP contribution in [0.4, 0.5) is 0 Å². The number of carbonyl (C=O) groups excluding carboxylic acids is 1. The van der Waals surface area contributed by atoms with Crippen molar-refractivity contribution in [2.75, 3.05) is 14.2 Å². The lowest BCUT2D eigenvalue weighted by molar-refractivity contribution is 0.104. The average Bonchev–Trinajstić information content (AvgIpc) is 2.56. The minimum absolute atomic E-state index is 0.0841. The molecule has 0 spiro atoms. The lowest BCUT2D eigenvalue weighted by Crippen LogP contribution is -2.02. The zero-order valence-electron chi connectivity index (χ0n) is 13.2. The fraction of sp³-hybridized carbons (Fsp3) is 0.167. The molecule has 0 aliphatic carbocycles. The van der Waals surface area contributed by atoms with Gasteiger partial charge in [-0.25, -0.2) is 0 Å². The molecule has 23 heavy (non-hydrogen) atoms. The van der Waals surface area contributed by atoms with Crippen molar-refractivity contribution in [3.63, 3.8) is 0 Å². The number of carbonyl (C=O) groups is 1. The number of phenolic OH excluding ortho intramolecular Hbond substituents is 2. The summed E-state index contributed by atoms with van der Waals surface area (Å²) in [4.78, 5) is 12.4. The summed E-state index contributed by atoms with van der Waals surface area (Å²) in [6.45, 7) is 1.66. The van der Waals surface area contributed by atoms with Gasteiger partial charge in [-0.3, -0.25) is 4.79 Å². The highest BCUT2D eigenvalue weighted by molar-refractivity contribution is 6.11. The quantitative estimate of drug-likeness (QED) is 0.654. The molecule has 0 aliphatic heterocycles. The summed E-state index contributed by atoms with van der Waals surface area (Å²) in [5.74, 6) is 0.280. The number of methoxy groups -OCH3 is 2.